The van der Waals surface area contributed by atoms with Gasteiger partial charge in [0, 0.05) is 25.6 Å². The Morgan fingerprint density at radius 3 is 2.40 bits per heavy atom. The van der Waals surface area contributed by atoms with Gasteiger partial charge in [-0.3, -0.25) is 19.2 Å². The molecule has 0 radical (unpaired) electrons. The largest absolute Gasteiger partial charge is 0.455 e. The van der Waals surface area contributed by atoms with Crippen molar-refractivity contribution in [2.75, 3.05) is 20.2 Å². The number of hydrogen-bond donors (Lipinski definition) is 1. The number of carbonyl (C=O) groups is 4. The van der Waals surface area contributed by atoms with Crippen molar-refractivity contribution in [1.29, 1.82) is 0 Å². The molecule has 0 unspecified atom stereocenters. The van der Waals surface area contributed by atoms with E-state index in [9.17, 15) is 24.3 Å². The fraction of sp³-hybridized carbons (Fsp3) is 0.632. The van der Waals surface area contributed by atoms with Gasteiger partial charge >= 0.3 is 5.97 Å². The maximum Gasteiger partial charge on any atom is 0.313 e. The van der Waals surface area contributed by atoms with Crippen LogP contribution in [0.3, 0.4) is 0 Å². The molecule has 10 heteroatoms. The Morgan fingerprint density at radius 1 is 1.17 bits per heavy atom. The van der Waals surface area contributed by atoms with E-state index in [0.717, 1.165) is 5.56 Å². The van der Waals surface area contributed by atoms with Gasteiger partial charge in [-0.1, -0.05) is 62.8 Å². The molecule has 1 aromatic carbocycles. The molecule has 3 aliphatic heterocycles. The summed E-state index contributed by atoms with van der Waals surface area (Å²) in [5, 5.41) is 10.7. The number of nitrogens with zero attached hydrogens (tertiary/aromatic N) is 3. The highest BCUT2D eigenvalue weighted by Gasteiger charge is 2.76. The van der Waals surface area contributed by atoms with Crippen molar-refractivity contribution in [3.63, 3.8) is 0 Å². The molecule has 1 aromatic rings. The van der Waals surface area contributed by atoms with Gasteiger partial charge in [0.05, 0.1) is 36.6 Å². The molecule has 3 saturated heterocycles. The second-order valence-electron chi connectivity index (χ2n) is 14.7. The Labute approximate surface area is 286 Å². The third-order valence-corrected chi connectivity index (χ3v) is 10.9. The summed E-state index contributed by atoms with van der Waals surface area (Å²) >= 11 is 0. The van der Waals surface area contributed by atoms with E-state index in [4.69, 9.17) is 9.47 Å². The molecule has 0 aromatic heterocycles. The first kappa shape index (κ1) is 37.3. The van der Waals surface area contributed by atoms with E-state index in [1.165, 1.54) is 4.90 Å². The highest BCUT2D eigenvalue weighted by atomic mass is 16.6. The summed E-state index contributed by atoms with van der Waals surface area (Å²) in [6.07, 6.45) is 4.32. The van der Waals surface area contributed by atoms with E-state index in [2.05, 4.69) is 13.2 Å². The van der Waals surface area contributed by atoms with Gasteiger partial charge in [0.1, 0.15) is 17.7 Å². The Morgan fingerprint density at radius 2 is 1.83 bits per heavy atom. The van der Waals surface area contributed by atoms with Gasteiger partial charge in [-0.25, -0.2) is 0 Å². The van der Waals surface area contributed by atoms with Crippen molar-refractivity contribution in [3.8, 4) is 0 Å². The quantitative estimate of drug-likeness (QED) is 0.214. The molecule has 264 valence electrons. The molecule has 0 aliphatic carbocycles. The smallest absolute Gasteiger partial charge is 0.313 e. The van der Waals surface area contributed by atoms with Crippen molar-refractivity contribution < 1.29 is 33.8 Å². The van der Waals surface area contributed by atoms with Crippen LogP contribution < -0.4 is 0 Å². The average molecular weight is 666 g/mol. The molecule has 3 aliphatic rings. The first-order valence-electron chi connectivity index (χ1n) is 17.3. The van der Waals surface area contributed by atoms with Crippen LogP contribution in [0.25, 0.3) is 0 Å². The minimum atomic E-state index is -1.25. The fourth-order valence-corrected chi connectivity index (χ4v) is 7.90. The number of likely N-dealkylation sites (tertiary alicyclic amines) is 1. The maximum atomic E-state index is 14.7. The van der Waals surface area contributed by atoms with Crippen LogP contribution in [0.4, 0.5) is 0 Å². The molecular formula is C38H55N3O7. The predicted molar refractivity (Wildman–Crippen MR) is 183 cm³/mol. The van der Waals surface area contributed by atoms with Crippen molar-refractivity contribution >= 4 is 23.7 Å². The van der Waals surface area contributed by atoms with Crippen LogP contribution in [0.1, 0.15) is 85.3 Å². The minimum Gasteiger partial charge on any atom is -0.455 e. The molecule has 1 spiro atoms. The number of hydrogen-bond acceptors (Lipinski definition) is 7. The fourth-order valence-electron chi connectivity index (χ4n) is 7.90. The summed E-state index contributed by atoms with van der Waals surface area (Å²) in [4.78, 5) is 61.7. The first-order chi connectivity index (χ1) is 22.7. The molecule has 48 heavy (non-hydrogen) atoms. The van der Waals surface area contributed by atoms with Crippen LogP contribution in [0, 0.1) is 17.8 Å². The first-order valence-corrected chi connectivity index (χ1v) is 17.3. The van der Waals surface area contributed by atoms with Crippen molar-refractivity contribution in [2.24, 2.45) is 17.8 Å². The summed E-state index contributed by atoms with van der Waals surface area (Å²) in [6, 6.07) is 7.08. The third-order valence-electron chi connectivity index (χ3n) is 10.9. The van der Waals surface area contributed by atoms with Crippen molar-refractivity contribution in [2.45, 2.75) is 115 Å². The second kappa shape index (κ2) is 14.9. The third kappa shape index (κ3) is 6.70. The molecule has 0 saturated carbocycles. The van der Waals surface area contributed by atoms with Gasteiger partial charge in [0.2, 0.25) is 17.7 Å². The molecule has 3 heterocycles. The lowest BCUT2D eigenvalue weighted by Gasteiger charge is -2.44. The van der Waals surface area contributed by atoms with Gasteiger partial charge in [0.15, 0.2) is 0 Å². The van der Waals surface area contributed by atoms with E-state index >= 15 is 0 Å². The van der Waals surface area contributed by atoms with Crippen molar-refractivity contribution in [1.82, 2.24) is 14.7 Å². The number of esters is 1. The highest BCUT2D eigenvalue weighted by Crippen LogP contribution is 2.60. The molecule has 1 N–H and O–H groups in total. The number of likely N-dealkylation sites (N-methyl/N-ethyl adjacent to an activating group) is 1. The normalized spacial score (nSPS) is 27.1. The number of aliphatic hydroxyl groups excluding tert-OH is 1. The van der Waals surface area contributed by atoms with Crippen LogP contribution in [-0.2, 0) is 28.7 Å². The van der Waals surface area contributed by atoms with Crippen LogP contribution in [-0.4, -0.2) is 99.1 Å². The lowest BCUT2D eigenvalue weighted by Crippen LogP contribution is -2.62. The molecule has 3 fully saturated rings. The van der Waals surface area contributed by atoms with Gasteiger partial charge in [-0.2, -0.15) is 0 Å². The second-order valence-corrected chi connectivity index (χ2v) is 14.7. The summed E-state index contributed by atoms with van der Waals surface area (Å²) in [6.45, 7) is 19.1. The molecule has 3 amide bonds. The molecule has 2 bridgehead atoms. The number of benzene rings is 1. The summed E-state index contributed by atoms with van der Waals surface area (Å²) in [5.41, 5.74) is -1.13. The standard InChI is InChI=1S/C38H55N3O7/c1-10-13-19-29(43)39(9)25(5)32(26-17-15-14-16-18-26)47-36(46)30-28-20-21-38(48-28)31(30)34(44)41(27(23-42)24(4)12-3)33(38)35(45)40(22-11-2)37(6,7)8/h10-11,14-18,24-25,27-28,30-33,42H,1-2,12-13,19-23H2,3-9H3/t24-,25-,27-,28+,30-,31-,32+,33+,38-/m0/s1. The van der Waals surface area contributed by atoms with E-state index in [1.807, 2.05) is 71.9 Å². The molecular weight excluding hydrogens is 610 g/mol. The zero-order chi connectivity index (χ0) is 35.6. The predicted octanol–water partition coefficient (Wildman–Crippen LogP) is 4.68. The van der Waals surface area contributed by atoms with Crippen LogP contribution in [0.2, 0.25) is 0 Å². The zero-order valence-corrected chi connectivity index (χ0v) is 29.8. The average Bonchev–Trinajstić information content (AvgIpc) is 3.71. The number of allylic oxidation sites excluding steroid dienone is 1. The molecule has 4 rings (SSSR count). The minimum absolute atomic E-state index is 0.104. The van der Waals surface area contributed by atoms with E-state index in [0.29, 0.717) is 25.7 Å². The highest BCUT2D eigenvalue weighted by molar-refractivity contribution is 5.98. The summed E-state index contributed by atoms with van der Waals surface area (Å²) in [7, 11) is 1.69. The number of amides is 3. The van der Waals surface area contributed by atoms with Crippen LogP contribution in [0.5, 0.6) is 0 Å². The van der Waals surface area contributed by atoms with Crippen molar-refractivity contribution in [3.05, 3.63) is 61.2 Å². The number of fused-ring (bicyclic) bond motifs is 1. The lowest BCUT2D eigenvalue weighted by atomic mass is 9.70. The van der Waals surface area contributed by atoms with E-state index in [1.54, 1.807) is 29.0 Å². The van der Waals surface area contributed by atoms with Gasteiger partial charge < -0.3 is 29.3 Å². The molecule has 10 nitrogen and oxygen atoms in total. The Balaban J connectivity index is 1.75. The topological polar surface area (TPSA) is 117 Å². The zero-order valence-electron chi connectivity index (χ0n) is 29.8. The SMILES string of the molecule is C=CCCC(=O)N(C)[C@@H](C)[C@@H](OC(=O)[C@@H]1[C@H]2C(=O)N([C@@H](CO)[C@@H](C)CC)[C@H](C(=O)N(CC=C)C(C)(C)C)[C@]23CC[C@H]1O3)c1ccccc1. The van der Waals surface area contributed by atoms with Gasteiger partial charge in [-0.15, -0.1) is 13.2 Å². The molecule has 9 atom stereocenters. The number of aliphatic hydroxyl groups is 1. The Hall–Kier alpha value is -3.50. The lowest BCUT2D eigenvalue weighted by molar-refractivity contribution is -0.165. The number of ether oxygens (including phenoxy) is 2. The monoisotopic (exact) mass is 665 g/mol. The Bertz CT molecular complexity index is 1360. The van der Waals surface area contributed by atoms with Gasteiger partial charge in [0.25, 0.3) is 0 Å². The van der Waals surface area contributed by atoms with Gasteiger partial charge in [-0.05, 0) is 58.4 Å². The number of carbonyl (C=O) groups excluding carboxylic acids is 4. The number of rotatable bonds is 15. The van der Waals surface area contributed by atoms with Crippen LogP contribution >= 0.6 is 0 Å². The van der Waals surface area contributed by atoms with E-state index < -0.39 is 59.3 Å². The maximum absolute atomic E-state index is 14.7. The van der Waals surface area contributed by atoms with E-state index in [-0.39, 0.29) is 43.2 Å². The summed E-state index contributed by atoms with van der Waals surface area (Å²) < 4.78 is 13.0. The Kier molecular flexibility index (Phi) is 11.6. The summed E-state index contributed by atoms with van der Waals surface area (Å²) in [5.74, 6) is -3.39. The van der Waals surface area contributed by atoms with Crippen LogP contribution in [0.15, 0.2) is 55.6 Å².